The van der Waals surface area contributed by atoms with Gasteiger partial charge in [0.25, 0.3) is 0 Å². The Morgan fingerprint density at radius 1 is 1.58 bits per heavy atom. The third-order valence-electron chi connectivity index (χ3n) is 1.44. The molecular formula is C8H8ClFO2. The van der Waals surface area contributed by atoms with Gasteiger partial charge in [0.15, 0.2) is 11.6 Å². The van der Waals surface area contributed by atoms with Crippen LogP contribution in [0.4, 0.5) is 4.39 Å². The lowest BCUT2D eigenvalue weighted by Gasteiger charge is -2.05. The minimum absolute atomic E-state index is 0.00821. The second-order valence-electron chi connectivity index (χ2n) is 2.25. The number of aliphatic hydroxyl groups excluding tert-OH is 1. The summed E-state index contributed by atoms with van der Waals surface area (Å²) in [5.74, 6) is -0.553. The van der Waals surface area contributed by atoms with Gasteiger partial charge in [-0.25, -0.2) is 4.39 Å². The average Bonchev–Trinajstić information content (AvgIpc) is 2.03. The number of hydrogen-bond donors (Lipinski definition) is 1. The van der Waals surface area contributed by atoms with Gasteiger partial charge < -0.3 is 9.84 Å². The maximum absolute atomic E-state index is 13.0. The Morgan fingerprint density at radius 2 is 2.25 bits per heavy atom. The van der Waals surface area contributed by atoms with Crippen LogP contribution < -0.4 is 4.74 Å². The molecule has 0 unspecified atom stereocenters. The molecule has 0 aliphatic heterocycles. The number of aliphatic hydroxyl groups is 1. The number of halogens is 2. The lowest BCUT2D eigenvalue weighted by molar-refractivity contribution is 0.280. The Bertz CT molecular complexity index is 265. The van der Waals surface area contributed by atoms with E-state index in [1.54, 1.807) is 0 Å². The molecule has 12 heavy (non-hydrogen) atoms. The maximum atomic E-state index is 13.0. The zero-order chi connectivity index (χ0) is 9.14. The number of methoxy groups -OCH3 is 1. The van der Waals surface area contributed by atoms with Crippen LogP contribution >= 0.6 is 11.6 Å². The van der Waals surface area contributed by atoms with Crippen molar-refractivity contribution < 1.29 is 14.2 Å². The molecule has 0 saturated heterocycles. The first-order valence-electron chi connectivity index (χ1n) is 3.31. The van der Waals surface area contributed by atoms with Crippen LogP contribution in [0.25, 0.3) is 0 Å². The summed E-state index contributed by atoms with van der Waals surface area (Å²) in [6.07, 6.45) is 0. The highest BCUT2D eigenvalue weighted by Crippen LogP contribution is 2.28. The first-order valence-corrected chi connectivity index (χ1v) is 3.69. The predicted octanol–water partition coefficient (Wildman–Crippen LogP) is 1.98. The Morgan fingerprint density at radius 3 is 2.67 bits per heavy atom. The molecule has 0 fully saturated rings. The standard InChI is InChI=1S/C8H8ClFO2/c1-12-8-6(9)2-5(4-11)3-7(8)10/h2-3,11H,4H2,1H3. The molecule has 1 aromatic carbocycles. The molecule has 0 saturated carbocycles. The van der Waals surface area contributed by atoms with Gasteiger partial charge in [-0.3, -0.25) is 0 Å². The fourth-order valence-electron chi connectivity index (χ4n) is 0.899. The number of hydrogen-bond acceptors (Lipinski definition) is 2. The lowest BCUT2D eigenvalue weighted by Crippen LogP contribution is -1.92. The maximum Gasteiger partial charge on any atom is 0.173 e. The molecule has 2 nitrogen and oxygen atoms in total. The summed E-state index contributed by atoms with van der Waals surface area (Å²) in [5.41, 5.74) is 0.429. The minimum Gasteiger partial charge on any atom is -0.492 e. The van der Waals surface area contributed by atoms with Crippen molar-refractivity contribution in [3.8, 4) is 5.75 Å². The molecule has 0 spiro atoms. The van der Waals surface area contributed by atoms with E-state index in [4.69, 9.17) is 16.7 Å². The van der Waals surface area contributed by atoms with Crippen molar-refractivity contribution in [2.45, 2.75) is 6.61 Å². The minimum atomic E-state index is -0.561. The fourth-order valence-corrected chi connectivity index (χ4v) is 1.21. The quantitative estimate of drug-likeness (QED) is 0.773. The Balaban J connectivity index is 3.18. The highest BCUT2D eigenvalue weighted by Gasteiger charge is 2.08. The van der Waals surface area contributed by atoms with Crippen LogP contribution in [0.2, 0.25) is 5.02 Å². The number of rotatable bonds is 2. The summed E-state index contributed by atoms with van der Waals surface area (Å²) >= 11 is 5.64. The summed E-state index contributed by atoms with van der Waals surface area (Å²) in [4.78, 5) is 0. The monoisotopic (exact) mass is 190 g/mol. The summed E-state index contributed by atoms with van der Waals surface area (Å²) in [6.45, 7) is -0.235. The largest absolute Gasteiger partial charge is 0.492 e. The first-order chi connectivity index (χ1) is 5.69. The van der Waals surface area contributed by atoms with Crippen LogP contribution in [0.3, 0.4) is 0 Å². The molecule has 0 heterocycles. The van der Waals surface area contributed by atoms with Gasteiger partial charge >= 0.3 is 0 Å². The van der Waals surface area contributed by atoms with Gasteiger partial charge in [-0.15, -0.1) is 0 Å². The Labute approximate surface area is 74.5 Å². The van der Waals surface area contributed by atoms with Crippen molar-refractivity contribution in [3.63, 3.8) is 0 Å². The van der Waals surface area contributed by atoms with E-state index < -0.39 is 5.82 Å². The topological polar surface area (TPSA) is 29.5 Å². The molecular weight excluding hydrogens is 183 g/mol. The average molecular weight is 191 g/mol. The predicted molar refractivity (Wildman–Crippen MR) is 43.9 cm³/mol. The van der Waals surface area contributed by atoms with Crippen molar-refractivity contribution >= 4 is 11.6 Å². The SMILES string of the molecule is COc1c(F)cc(CO)cc1Cl. The Kier molecular flexibility index (Phi) is 2.89. The third-order valence-corrected chi connectivity index (χ3v) is 1.73. The summed E-state index contributed by atoms with van der Waals surface area (Å²) in [5, 5.41) is 8.85. The van der Waals surface area contributed by atoms with Gasteiger partial charge in [0.1, 0.15) is 0 Å². The van der Waals surface area contributed by atoms with E-state index in [2.05, 4.69) is 4.74 Å². The third kappa shape index (κ3) is 1.68. The molecule has 1 aromatic rings. The number of ether oxygens (including phenoxy) is 1. The van der Waals surface area contributed by atoms with Crippen LogP contribution in [0.15, 0.2) is 12.1 Å². The lowest BCUT2D eigenvalue weighted by atomic mass is 10.2. The van der Waals surface area contributed by atoms with Crippen molar-refractivity contribution in [2.75, 3.05) is 7.11 Å². The summed E-state index contributed by atoms with van der Waals surface area (Å²) < 4.78 is 17.7. The molecule has 0 amide bonds. The van der Waals surface area contributed by atoms with E-state index in [0.717, 1.165) is 0 Å². The van der Waals surface area contributed by atoms with Gasteiger partial charge in [-0.05, 0) is 17.7 Å². The molecule has 66 valence electrons. The second-order valence-corrected chi connectivity index (χ2v) is 2.66. The summed E-state index contributed by atoms with van der Waals surface area (Å²) in [7, 11) is 1.34. The molecule has 0 bridgehead atoms. The van der Waals surface area contributed by atoms with Crippen molar-refractivity contribution in [1.82, 2.24) is 0 Å². The van der Waals surface area contributed by atoms with Crippen LogP contribution in [0.5, 0.6) is 5.75 Å². The molecule has 0 aliphatic carbocycles. The molecule has 0 radical (unpaired) electrons. The van der Waals surface area contributed by atoms with Gasteiger partial charge in [0.2, 0.25) is 0 Å². The highest BCUT2D eigenvalue weighted by atomic mass is 35.5. The van der Waals surface area contributed by atoms with Gasteiger partial charge in [0, 0.05) is 0 Å². The molecule has 0 atom stereocenters. The van der Waals surface area contributed by atoms with Crippen molar-refractivity contribution in [3.05, 3.63) is 28.5 Å². The number of benzene rings is 1. The van der Waals surface area contributed by atoms with E-state index in [0.29, 0.717) is 5.56 Å². The normalized spacial score (nSPS) is 10.0. The van der Waals surface area contributed by atoms with E-state index in [9.17, 15) is 4.39 Å². The van der Waals surface area contributed by atoms with Crippen LogP contribution in [0, 0.1) is 5.82 Å². The van der Waals surface area contributed by atoms with Crippen molar-refractivity contribution in [1.29, 1.82) is 0 Å². The van der Waals surface area contributed by atoms with Crippen LogP contribution in [0.1, 0.15) is 5.56 Å². The van der Waals surface area contributed by atoms with Gasteiger partial charge in [-0.2, -0.15) is 0 Å². The molecule has 4 heteroatoms. The molecule has 1 N–H and O–H groups in total. The van der Waals surface area contributed by atoms with E-state index in [1.165, 1.54) is 19.2 Å². The first kappa shape index (κ1) is 9.29. The zero-order valence-electron chi connectivity index (χ0n) is 6.47. The van der Waals surface area contributed by atoms with Gasteiger partial charge in [-0.1, -0.05) is 11.6 Å². The fraction of sp³-hybridized carbons (Fsp3) is 0.250. The highest BCUT2D eigenvalue weighted by molar-refractivity contribution is 6.32. The molecule has 0 aromatic heterocycles. The van der Waals surface area contributed by atoms with E-state index in [1.807, 2.05) is 0 Å². The second kappa shape index (κ2) is 3.74. The molecule has 0 aliphatic rings. The van der Waals surface area contributed by atoms with Gasteiger partial charge in [0.05, 0.1) is 18.7 Å². The van der Waals surface area contributed by atoms with Crippen LogP contribution in [-0.4, -0.2) is 12.2 Å². The smallest absolute Gasteiger partial charge is 0.173 e. The van der Waals surface area contributed by atoms with E-state index in [-0.39, 0.29) is 17.4 Å². The Hall–Kier alpha value is -0.800. The summed E-state index contributed by atoms with van der Waals surface area (Å²) in [6, 6.07) is 2.65. The van der Waals surface area contributed by atoms with E-state index >= 15 is 0 Å². The van der Waals surface area contributed by atoms with Crippen LogP contribution in [-0.2, 0) is 6.61 Å². The van der Waals surface area contributed by atoms with Crippen molar-refractivity contribution in [2.24, 2.45) is 0 Å². The molecule has 1 rings (SSSR count). The zero-order valence-corrected chi connectivity index (χ0v) is 7.23.